The first kappa shape index (κ1) is 22.7. The molecule has 0 radical (unpaired) electrons. The van der Waals surface area contributed by atoms with E-state index >= 15 is 0 Å². The molecule has 172 valence electrons. The molecule has 6 heteroatoms. The quantitative estimate of drug-likeness (QED) is 0.637. The number of nitrogens with one attached hydrogen (secondary N) is 1. The molecule has 2 saturated heterocycles. The zero-order valence-electron chi connectivity index (χ0n) is 19.4. The number of likely N-dealkylation sites (tertiary alicyclic amines) is 1. The Balaban J connectivity index is 1.37. The molecule has 2 aliphatic rings. The van der Waals surface area contributed by atoms with E-state index in [-0.39, 0.29) is 17.9 Å². The summed E-state index contributed by atoms with van der Waals surface area (Å²) in [5.74, 6) is 1.80. The number of hydrogen-bond donors (Lipinski definition) is 1. The van der Waals surface area contributed by atoms with Gasteiger partial charge >= 0.3 is 0 Å². The maximum Gasteiger partial charge on any atom is 0.237 e. The van der Waals surface area contributed by atoms with Crippen molar-refractivity contribution in [2.75, 3.05) is 37.6 Å². The Hall–Kier alpha value is -2.44. The molecule has 4 rings (SSSR count). The Morgan fingerprint density at radius 2 is 1.84 bits per heavy atom. The van der Waals surface area contributed by atoms with Crippen LogP contribution in [-0.2, 0) is 4.79 Å². The molecule has 32 heavy (non-hydrogen) atoms. The SMILES string of the molecule is CCC(CC)CN1CCC(Oc2ccc(N(C(=O)C3CNC3)c3cccnc3)cc2)CC1. The van der Waals surface area contributed by atoms with E-state index in [0.29, 0.717) is 0 Å². The number of pyridine rings is 1. The molecule has 0 bridgehead atoms. The van der Waals surface area contributed by atoms with Crippen LogP contribution < -0.4 is 15.0 Å². The molecule has 1 aromatic heterocycles. The minimum absolute atomic E-state index is 0.0105. The van der Waals surface area contributed by atoms with Gasteiger partial charge in [0.05, 0.1) is 17.8 Å². The molecule has 0 spiro atoms. The van der Waals surface area contributed by atoms with Gasteiger partial charge in [0.2, 0.25) is 5.91 Å². The van der Waals surface area contributed by atoms with Crippen LogP contribution in [0.3, 0.4) is 0 Å². The molecule has 2 aliphatic heterocycles. The molecular weight excluding hydrogens is 400 g/mol. The van der Waals surface area contributed by atoms with Crippen LogP contribution in [0.25, 0.3) is 0 Å². The van der Waals surface area contributed by atoms with Crippen molar-refractivity contribution in [1.29, 1.82) is 0 Å². The number of hydrogen-bond acceptors (Lipinski definition) is 5. The first-order valence-corrected chi connectivity index (χ1v) is 12.1. The minimum Gasteiger partial charge on any atom is -0.490 e. The van der Waals surface area contributed by atoms with Gasteiger partial charge in [0, 0.05) is 44.6 Å². The van der Waals surface area contributed by atoms with Crippen molar-refractivity contribution in [3.05, 3.63) is 48.8 Å². The number of carbonyl (C=O) groups excluding carboxylic acids is 1. The second-order valence-corrected chi connectivity index (χ2v) is 9.03. The van der Waals surface area contributed by atoms with Crippen molar-refractivity contribution in [2.24, 2.45) is 11.8 Å². The number of amides is 1. The Labute approximate surface area is 192 Å². The summed E-state index contributed by atoms with van der Waals surface area (Å²) < 4.78 is 6.29. The van der Waals surface area contributed by atoms with E-state index in [1.54, 1.807) is 17.3 Å². The van der Waals surface area contributed by atoms with Gasteiger partial charge in [-0.2, -0.15) is 0 Å². The Kier molecular flexibility index (Phi) is 7.76. The van der Waals surface area contributed by atoms with Crippen LogP contribution >= 0.6 is 0 Å². The summed E-state index contributed by atoms with van der Waals surface area (Å²) in [4.78, 5) is 21.7. The molecule has 3 heterocycles. The molecular formula is C26H36N4O2. The number of ether oxygens (including phenoxy) is 1. The third-order valence-electron chi connectivity index (χ3n) is 6.86. The van der Waals surface area contributed by atoms with Gasteiger partial charge in [-0.05, 0) is 55.2 Å². The Bertz CT molecular complexity index is 842. The van der Waals surface area contributed by atoms with Gasteiger partial charge in [-0.15, -0.1) is 0 Å². The second kappa shape index (κ2) is 10.9. The minimum atomic E-state index is 0.0105. The van der Waals surface area contributed by atoms with E-state index in [1.807, 2.05) is 36.4 Å². The highest BCUT2D eigenvalue weighted by molar-refractivity contribution is 6.02. The lowest BCUT2D eigenvalue weighted by atomic mass is 10.0. The van der Waals surface area contributed by atoms with E-state index < -0.39 is 0 Å². The van der Waals surface area contributed by atoms with Gasteiger partial charge in [-0.3, -0.25) is 14.7 Å². The Morgan fingerprint density at radius 1 is 1.12 bits per heavy atom. The van der Waals surface area contributed by atoms with Crippen LogP contribution in [0.1, 0.15) is 39.5 Å². The molecule has 0 atom stereocenters. The summed E-state index contributed by atoms with van der Waals surface area (Å²) in [5.41, 5.74) is 1.64. The summed E-state index contributed by atoms with van der Waals surface area (Å²) in [6.45, 7) is 9.47. The van der Waals surface area contributed by atoms with Crippen molar-refractivity contribution in [1.82, 2.24) is 15.2 Å². The van der Waals surface area contributed by atoms with E-state index in [4.69, 9.17) is 4.74 Å². The highest BCUT2D eigenvalue weighted by Gasteiger charge is 2.31. The standard InChI is InChI=1S/C26H36N4O2/c1-3-20(4-2)19-29-14-11-25(12-15-29)32-24-9-7-22(8-10-24)30(23-6-5-13-27-18-23)26(31)21-16-28-17-21/h5-10,13,18,20-21,25,28H,3-4,11-12,14-17,19H2,1-2H3. The molecule has 1 amide bonds. The van der Waals surface area contributed by atoms with Crippen LogP contribution in [0.15, 0.2) is 48.8 Å². The zero-order chi connectivity index (χ0) is 22.3. The molecule has 1 aromatic carbocycles. The van der Waals surface area contributed by atoms with E-state index in [2.05, 4.69) is 29.0 Å². The summed E-state index contributed by atoms with van der Waals surface area (Å²) in [5, 5.41) is 3.19. The lowest BCUT2D eigenvalue weighted by molar-refractivity contribution is -0.123. The fraction of sp³-hybridized carbons (Fsp3) is 0.538. The lowest BCUT2D eigenvalue weighted by Crippen LogP contribution is -2.51. The normalized spacial score (nSPS) is 17.8. The maximum atomic E-state index is 13.1. The maximum absolute atomic E-state index is 13.1. The monoisotopic (exact) mass is 436 g/mol. The lowest BCUT2D eigenvalue weighted by Gasteiger charge is -2.34. The molecule has 0 aliphatic carbocycles. The molecule has 0 saturated carbocycles. The van der Waals surface area contributed by atoms with Crippen molar-refractivity contribution >= 4 is 17.3 Å². The first-order chi connectivity index (χ1) is 15.7. The summed E-state index contributed by atoms with van der Waals surface area (Å²) in [6, 6.07) is 11.7. The van der Waals surface area contributed by atoms with Crippen molar-refractivity contribution in [2.45, 2.75) is 45.6 Å². The molecule has 1 N–H and O–H groups in total. The van der Waals surface area contributed by atoms with Crippen LogP contribution in [0.4, 0.5) is 11.4 Å². The van der Waals surface area contributed by atoms with Crippen LogP contribution in [0, 0.1) is 11.8 Å². The van der Waals surface area contributed by atoms with Crippen LogP contribution in [0.2, 0.25) is 0 Å². The van der Waals surface area contributed by atoms with Crippen molar-refractivity contribution in [3.63, 3.8) is 0 Å². The second-order valence-electron chi connectivity index (χ2n) is 9.03. The number of aromatic nitrogens is 1. The average Bonchev–Trinajstić information content (AvgIpc) is 2.79. The van der Waals surface area contributed by atoms with E-state index in [1.165, 1.54) is 19.4 Å². The predicted molar refractivity (Wildman–Crippen MR) is 128 cm³/mol. The summed E-state index contributed by atoms with van der Waals surface area (Å²) in [6.07, 6.45) is 8.38. The smallest absolute Gasteiger partial charge is 0.237 e. The number of anilines is 2. The van der Waals surface area contributed by atoms with Gasteiger partial charge in [-0.1, -0.05) is 26.7 Å². The summed E-state index contributed by atoms with van der Waals surface area (Å²) in [7, 11) is 0. The van der Waals surface area contributed by atoms with Crippen molar-refractivity contribution < 1.29 is 9.53 Å². The largest absolute Gasteiger partial charge is 0.490 e. The molecule has 2 fully saturated rings. The summed E-state index contributed by atoms with van der Waals surface area (Å²) >= 11 is 0. The third kappa shape index (κ3) is 5.48. The highest BCUT2D eigenvalue weighted by atomic mass is 16.5. The van der Waals surface area contributed by atoms with Crippen LogP contribution in [-0.4, -0.2) is 54.6 Å². The van der Waals surface area contributed by atoms with Gasteiger partial charge in [0.15, 0.2) is 0 Å². The van der Waals surface area contributed by atoms with Crippen LogP contribution in [0.5, 0.6) is 5.75 Å². The molecule has 6 nitrogen and oxygen atoms in total. The number of nitrogens with zero attached hydrogens (tertiary/aromatic N) is 3. The van der Waals surface area contributed by atoms with Gasteiger partial charge in [0.1, 0.15) is 11.9 Å². The predicted octanol–water partition coefficient (Wildman–Crippen LogP) is 4.25. The van der Waals surface area contributed by atoms with Gasteiger partial charge < -0.3 is 15.0 Å². The number of piperidine rings is 1. The first-order valence-electron chi connectivity index (χ1n) is 12.1. The van der Waals surface area contributed by atoms with E-state index in [0.717, 1.165) is 62.1 Å². The molecule has 0 unspecified atom stereocenters. The number of benzene rings is 1. The van der Waals surface area contributed by atoms with Crippen molar-refractivity contribution in [3.8, 4) is 5.75 Å². The fourth-order valence-corrected chi connectivity index (χ4v) is 4.52. The number of carbonyl (C=O) groups is 1. The average molecular weight is 437 g/mol. The highest BCUT2D eigenvalue weighted by Crippen LogP contribution is 2.30. The fourth-order valence-electron chi connectivity index (χ4n) is 4.52. The van der Waals surface area contributed by atoms with Gasteiger partial charge in [-0.25, -0.2) is 0 Å². The topological polar surface area (TPSA) is 57.7 Å². The van der Waals surface area contributed by atoms with Gasteiger partial charge in [0.25, 0.3) is 0 Å². The third-order valence-corrected chi connectivity index (χ3v) is 6.86. The number of rotatable bonds is 9. The molecule has 2 aromatic rings. The Morgan fingerprint density at radius 3 is 2.41 bits per heavy atom. The van der Waals surface area contributed by atoms with E-state index in [9.17, 15) is 4.79 Å². The zero-order valence-corrected chi connectivity index (χ0v) is 19.4.